The highest BCUT2D eigenvalue weighted by Crippen LogP contribution is 2.26. The molecule has 6 rings (SSSR count). The molecule has 0 saturated heterocycles. The van der Waals surface area contributed by atoms with Gasteiger partial charge in [0.2, 0.25) is 11.9 Å². The second-order valence-corrected chi connectivity index (χ2v) is 8.47. The average molecular weight is 477 g/mol. The number of nitrogens with one attached hydrogen (secondary N) is 2. The van der Waals surface area contributed by atoms with Crippen molar-refractivity contribution in [1.82, 2.24) is 29.1 Å². The third-order valence-electron chi connectivity index (χ3n) is 6.08. The van der Waals surface area contributed by atoms with Gasteiger partial charge in [-0.2, -0.15) is 9.97 Å². The fourth-order valence-electron chi connectivity index (χ4n) is 4.20. The molecule has 0 aliphatic heterocycles. The minimum absolute atomic E-state index is 0.258. The minimum atomic E-state index is 0.258. The summed E-state index contributed by atoms with van der Waals surface area (Å²) in [5.41, 5.74) is 5.35. The first kappa shape index (κ1) is 21.6. The highest BCUT2D eigenvalue weighted by atomic mass is 16.3. The number of hydrogen-bond donors (Lipinski definition) is 3. The molecule has 0 bridgehead atoms. The quantitative estimate of drug-likeness (QED) is 0.304. The second kappa shape index (κ2) is 9.03. The molecule has 3 aromatic heterocycles. The number of aromatic hydroxyl groups is 1. The number of anilines is 3. The number of aromatic nitrogens is 6. The first-order valence-electron chi connectivity index (χ1n) is 11.7. The van der Waals surface area contributed by atoms with E-state index < -0.39 is 0 Å². The molecule has 3 heterocycles. The van der Waals surface area contributed by atoms with Crippen LogP contribution in [0.5, 0.6) is 5.75 Å². The number of phenols is 1. The number of rotatable bonds is 7. The number of benzene rings is 3. The summed E-state index contributed by atoms with van der Waals surface area (Å²) in [7, 11) is 1.96. The van der Waals surface area contributed by atoms with Crippen LogP contribution in [0.15, 0.2) is 85.2 Å². The van der Waals surface area contributed by atoms with Crippen LogP contribution >= 0.6 is 0 Å². The topological polar surface area (TPSA) is 106 Å². The van der Waals surface area contributed by atoms with Crippen LogP contribution in [0.2, 0.25) is 0 Å². The van der Waals surface area contributed by atoms with Crippen molar-refractivity contribution in [3.63, 3.8) is 0 Å². The highest BCUT2D eigenvalue weighted by molar-refractivity contribution is 5.86. The van der Waals surface area contributed by atoms with Crippen LogP contribution < -0.4 is 10.6 Å². The van der Waals surface area contributed by atoms with E-state index in [1.54, 1.807) is 18.5 Å². The summed E-state index contributed by atoms with van der Waals surface area (Å²) in [5.74, 6) is 1.96. The highest BCUT2D eigenvalue weighted by Gasteiger charge is 2.16. The van der Waals surface area contributed by atoms with E-state index in [0.29, 0.717) is 35.4 Å². The molecule has 9 nitrogen and oxygen atoms in total. The number of fused-ring (bicyclic) bond motifs is 2. The Morgan fingerprint density at radius 2 is 1.64 bits per heavy atom. The van der Waals surface area contributed by atoms with E-state index in [2.05, 4.69) is 15.6 Å². The molecule has 0 aliphatic rings. The van der Waals surface area contributed by atoms with Crippen molar-refractivity contribution in [2.75, 3.05) is 17.2 Å². The molecule has 0 saturated carbocycles. The molecule has 178 valence electrons. The Balaban J connectivity index is 1.37. The van der Waals surface area contributed by atoms with Gasteiger partial charge in [0.15, 0.2) is 17.0 Å². The fraction of sp³-hybridized carbons (Fsp3) is 0.111. The lowest BCUT2D eigenvalue weighted by Gasteiger charge is -2.11. The van der Waals surface area contributed by atoms with E-state index in [-0.39, 0.29) is 5.75 Å². The van der Waals surface area contributed by atoms with Crippen LogP contribution in [0.25, 0.3) is 27.9 Å². The number of para-hydroxylation sites is 3. The smallest absolute Gasteiger partial charge is 0.233 e. The zero-order chi connectivity index (χ0) is 24.5. The van der Waals surface area contributed by atoms with E-state index >= 15 is 0 Å². The molecule has 0 fully saturated rings. The maximum Gasteiger partial charge on any atom is 0.233 e. The van der Waals surface area contributed by atoms with E-state index in [1.165, 1.54) is 0 Å². The third kappa shape index (κ3) is 4.07. The number of imidazole rings is 2. The SMILES string of the molecule is Cn1c(Nc2nc(NCCc3ccc(O)cc3)c3ncn(-c4ccccc4)c3n2)nc2ccccc21. The van der Waals surface area contributed by atoms with Crippen molar-refractivity contribution in [3.8, 4) is 11.4 Å². The zero-order valence-electron chi connectivity index (χ0n) is 19.6. The summed E-state index contributed by atoms with van der Waals surface area (Å²) in [6.45, 7) is 0.640. The standard InChI is InChI=1S/C27H24N8O/c1-34-22-10-6-5-9-21(22)30-27(34)33-26-31-24(28-16-15-18-11-13-20(36)14-12-18)23-25(32-26)35(17-29-23)19-7-3-2-4-8-19/h2-14,17,36H,15-16H2,1H3,(H2,28,30,31,32,33). The Hall–Kier alpha value is -4.92. The van der Waals surface area contributed by atoms with Crippen molar-refractivity contribution < 1.29 is 5.11 Å². The first-order valence-corrected chi connectivity index (χ1v) is 11.7. The Labute approximate surface area is 207 Å². The van der Waals surface area contributed by atoms with Crippen LogP contribution in [0.1, 0.15) is 5.56 Å². The lowest BCUT2D eigenvalue weighted by atomic mass is 10.1. The summed E-state index contributed by atoms with van der Waals surface area (Å²) in [6, 6.07) is 25.1. The lowest BCUT2D eigenvalue weighted by molar-refractivity contribution is 0.475. The van der Waals surface area contributed by atoms with Gasteiger partial charge in [-0.1, -0.05) is 42.5 Å². The summed E-state index contributed by atoms with van der Waals surface area (Å²) in [5, 5.41) is 16.3. The predicted molar refractivity (Wildman–Crippen MR) is 141 cm³/mol. The van der Waals surface area contributed by atoms with Gasteiger partial charge in [0, 0.05) is 19.3 Å². The van der Waals surface area contributed by atoms with Crippen LogP contribution in [0, 0.1) is 0 Å². The molecule has 6 aromatic rings. The Kier molecular flexibility index (Phi) is 5.42. The van der Waals surface area contributed by atoms with Crippen molar-refractivity contribution in [2.45, 2.75) is 6.42 Å². The van der Waals surface area contributed by atoms with Gasteiger partial charge in [0.1, 0.15) is 12.1 Å². The lowest BCUT2D eigenvalue weighted by Crippen LogP contribution is -2.10. The molecule has 0 unspecified atom stereocenters. The van der Waals surface area contributed by atoms with Crippen LogP contribution in [-0.4, -0.2) is 40.7 Å². The molecule has 0 radical (unpaired) electrons. The second-order valence-electron chi connectivity index (χ2n) is 8.47. The van der Waals surface area contributed by atoms with Crippen molar-refractivity contribution in [3.05, 3.63) is 90.8 Å². The van der Waals surface area contributed by atoms with Gasteiger partial charge in [0.25, 0.3) is 0 Å². The van der Waals surface area contributed by atoms with Gasteiger partial charge < -0.3 is 15.0 Å². The van der Waals surface area contributed by atoms with Crippen LogP contribution in [0.3, 0.4) is 0 Å². The maximum absolute atomic E-state index is 9.54. The zero-order valence-corrected chi connectivity index (χ0v) is 19.6. The largest absolute Gasteiger partial charge is 0.508 e. The predicted octanol–water partition coefficient (Wildman–Crippen LogP) is 4.81. The molecule has 9 heteroatoms. The molecular weight excluding hydrogens is 452 g/mol. The maximum atomic E-state index is 9.54. The van der Waals surface area contributed by atoms with E-state index in [9.17, 15) is 5.11 Å². The molecule has 3 N–H and O–H groups in total. The minimum Gasteiger partial charge on any atom is -0.508 e. The monoisotopic (exact) mass is 476 g/mol. The first-order chi connectivity index (χ1) is 17.7. The molecule has 0 atom stereocenters. The average Bonchev–Trinajstić information content (AvgIpc) is 3.47. The van der Waals surface area contributed by atoms with Crippen LogP contribution in [-0.2, 0) is 13.5 Å². The molecule has 0 spiro atoms. The number of nitrogens with zero attached hydrogens (tertiary/aromatic N) is 6. The van der Waals surface area contributed by atoms with E-state index in [1.807, 2.05) is 82.9 Å². The summed E-state index contributed by atoms with van der Waals surface area (Å²) in [4.78, 5) is 18.9. The van der Waals surface area contributed by atoms with E-state index in [0.717, 1.165) is 28.7 Å². The van der Waals surface area contributed by atoms with Gasteiger partial charge in [-0.25, -0.2) is 9.97 Å². The molecule has 3 aromatic carbocycles. The summed E-state index contributed by atoms with van der Waals surface area (Å²) in [6.07, 6.45) is 2.53. The molecule has 0 amide bonds. The van der Waals surface area contributed by atoms with Crippen molar-refractivity contribution in [2.24, 2.45) is 7.05 Å². The Morgan fingerprint density at radius 1 is 0.861 bits per heavy atom. The van der Waals surface area contributed by atoms with Gasteiger partial charge >= 0.3 is 0 Å². The molecule has 36 heavy (non-hydrogen) atoms. The van der Waals surface area contributed by atoms with Gasteiger partial charge in [-0.3, -0.25) is 9.88 Å². The van der Waals surface area contributed by atoms with Crippen molar-refractivity contribution >= 4 is 39.9 Å². The van der Waals surface area contributed by atoms with Crippen molar-refractivity contribution in [1.29, 1.82) is 0 Å². The number of phenolic OH excluding ortho intramolecular Hbond substituents is 1. The van der Waals surface area contributed by atoms with Gasteiger partial charge in [-0.05, 0) is 48.4 Å². The van der Waals surface area contributed by atoms with E-state index in [4.69, 9.17) is 15.0 Å². The fourth-order valence-corrected chi connectivity index (χ4v) is 4.20. The van der Waals surface area contributed by atoms with Gasteiger partial charge in [-0.15, -0.1) is 0 Å². The van der Waals surface area contributed by atoms with Gasteiger partial charge in [0.05, 0.1) is 11.0 Å². The Morgan fingerprint density at radius 3 is 2.44 bits per heavy atom. The molecule has 0 aliphatic carbocycles. The third-order valence-corrected chi connectivity index (χ3v) is 6.08. The summed E-state index contributed by atoms with van der Waals surface area (Å²) < 4.78 is 3.93. The number of hydrogen-bond acceptors (Lipinski definition) is 7. The normalized spacial score (nSPS) is 11.2. The summed E-state index contributed by atoms with van der Waals surface area (Å²) >= 11 is 0. The number of aryl methyl sites for hydroxylation is 1. The Bertz CT molecular complexity index is 1660. The molecular formula is C27H24N8O. The van der Waals surface area contributed by atoms with Crippen LogP contribution in [0.4, 0.5) is 17.7 Å².